The lowest BCUT2D eigenvalue weighted by Crippen LogP contribution is -2.43. The molecule has 1 fully saturated rings. The molecular weight excluding hydrogens is 100 g/mol. The smallest absolute Gasteiger partial charge is 0.0385 e. The summed E-state index contributed by atoms with van der Waals surface area (Å²) in [5.74, 6) is 0. The fourth-order valence-electron chi connectivity index (χ4n) is 0.882. The Balaban J connectivity index is 2.01. The molecular formula is C6H13N2. The molecule has 1 saturated heterocycles. The van der Waals surface area contributed by atoms with Crippen molar-refractivity contribution in [2.45, 2.75) is 12.5 Å². The van der Waals surface area contributed by atoms with E-state index in [1.54, 1.807) is 0 Å². The molecule has 1 aliphatic heterocycles. The van der Waals surface area contributed by atoms with Gasteiger partial charge in [0.05, 0.1) is 0 Å². The zero-order chi connectivity index (χ0) is 5.98. The van der Waals surface area contributed by atoms with E-state index >= 15 is 0 Å². The lowest BCUT2D eigenvalue weighted by Gasteiger charge is -2.27. The molecule has 0 aromatic carbocycles. The number of nitrogens with zero attached hydrogens (tertiary/aromatic N) is 2. The molecule has 1 unspecified atom stereocenters. The molecule has 0 bridgehead atoms. The van der Waals surface area contributed by atoms with Crippen LogP contribution in [0, 0.1) is 0 Å². The van der Waals surface area contributed by atoms with Gasteiger partial charge in [0.15, 0.2) is 0 Å². The van der Waals surface area contributed by atoms with Crippen LogP contribution < -0.4 is 5.32 Å². The first-order valence-corrected chi connectivity index (χ1v) is 3.10. The molecule has 1 radical (unpaired) electrons. The van der Waals surface area contributed by atoms with Gasteiger partial charge in [-0.05, 0) is 20.5 Å². The summed E-state index contributed by atoms with van der Waals surface area (Å²) in [6, 6.07) is 0.657. The Morgan fingerprint density at radius 1 is 1.62 bits per heavy atom. The van der Waals surface area contributed by atoms with Crippen molar-refractivity contribution in [1.82, 2.24) is 10.2 Å². The lowest BCUT2D eigenvalue weighted by atomic mass is 10.1. The van der Waals surface area contributed by atoms with Crippen LogP contribution in [0.1, 0.15) is 6.42 Å². The van der Waals surface area contributed by atoms with Gasteiger partial charge in [0, 0.05) is 19.1 Å². The van der Waals surface area contributed by atoms with Crippen molar-refractivity contribution < 1.29 is 0 Å². The van der Waals surface area contributed by atoms with Crippen LogP contribution >= 0.6 is 0 Å². The van der Waals surface area contributed by atoms with Crippen LogP contribution in [0.15, 0.2) is 0 Å². The van der Waals surface area contributed by atoms with Crippen molar-refractivity contribution >= 4 is 0 Å². The Bertz CT molecular complexity index is 66.9. The molecule has 0 amide bonds. The topological polar surface area (TPSA) is 17.3 Å². The fourth-order valence-corrected chi connectivity index (χ4v) is 0.882. The third kappa shape index (κ3) is 1.46. The molecule has 1 atom stereocenters. The first-order valence-electron chi connectivity index (χ1n) is 3.10. The van der Waals surface area contributed by atoms with Gasteiger partial charge in [-0.1, -0.05) is 0 Å². The summed E-state index contributed by atoms with van der Waals surface area (Å²) in [5, 5.41) is 4.27. The first-order chi connectivity index (χ1) is 3.79. The van der Waals surface area contributed by atoms with Crippen LogP contribution in [-0.4, -0.2) is 38.1 Å². The molecule has 0 aliphatic carbocycles. The van der Waals surface area contributed by atoms with Crippen LogP contribution in [0.4, 0.5) is 0 Å². The average Bonchev–Trinajstić information content (AvgIpc) is 1.55. The number of hydrogen-bond donors (Lipinski definition) is 0. The van der Waals surface area contributed by atoms with Crippen LogP contribution in [0.5, 0.6) is 0 Å². The third-order valence-electron chi connectivity index (χ3n) is 1.43. The monoisotopic (exact) mass is 113 g/mol. The second kappa shape index (κ2) is 2.46. The highest BCUT2D eigenvalue weighted by molar-refractivity contribution is 4.78. The van der Waals surface area contributed by atoms with E-state index in [-0.39, 0.29) is 0 Å². The van der Waals surface area contributed by atoms with Crippen LogP contribution in [0.25, 0.3) is 0 Å². The second-order valence-electron chi connectivity index (χ2n) is 2.61. The van der Waals surface area contributed by atoms with Gasteiger partial charge in [0.25, 0.3) is 0 Å². The molecule has 47 valence electrons. The van der Waals surface area contributed by atoms with E-state index < -0.39 is 0 Å². The predicted octanol–water partition coefficient (Wildman–Crippen LogP) is -0.0753. The maximum Gasteiger partial charge on any atom is 0.0385 e. The summed E-state index contributed by atoms with van der Waals surface area (Å²) >= 11 is 0. The molecule has 1 aliphatic rings. The first kappa shape index (κ1) is 6.05. The zero-order valence-corrected chi connectivity index (χ0v) is 5.59. The van der Waals surface area contributed by atoms with Crippen molar-refractivity contribution in [3.63, 3.8) is 0 Å². The maximum absolute atomic E-state index is 4.27. The van der Waals surface area contributed by atoms with Gasteiger partial charge in [-0.3, -0.25) is 0 Å². The van der Waals surface area contributed by atoms with Crippen LogP contribution in [0.3, 0.4) is 0 Å². The Morgan fingerprint density at radius 3 is 2.38 bits per heavy atom. The molecule has 2 nitrogen and oxygen atoms in total. The minimum atomic E-state index is 0.657. The van der Waals surface area contributed by atoms with Gasteiger partial charge in [0.1, 0.15) is 0 Å². The fraction of sp³-hybridized carbons (Fsp3) is 1.00. The van der Waals surface area contributed by atoms with Gasteiger partial charge < -0.3 is 4.90 Å². The number of hydrogen-bond acceptors (Lipinski definition) is 1. The van der Waals surface area contributed by atoms with E-state index in [0.29, 0.717) is 6.04 Å². The Hall–Kier alpha value is -0.0800. The highest BCUT2D eigenvalue weighted by Gasteiger charge is 2.17. The summed E-state index contributed by atoms with van der Waals surface area (Å²) in [6.07, 6.45) is 1.30. The van der Waals surface area contributed by atoms with E-state index in [9.17, 15) is 0 Å². The average molecular weight is 113 g/mol. The van der Waals surface area contributed by atoms with E-state index in [2.05, 4.69) is 24.3 Å². The van der Waals surface area contributed by atoms with Gasteiger partial charge in [-0.2, -0.15) is 0 Å². The van der Waals surface area contributed by atoms with Gasteiger partial charge >= 0.3 is 0 Å². The van der Waals surface area contributed by atoms with Gasteiger partial charge in [-0.25, -0.2) is 5.32 Å². The summed E-state index contributed by atoms with van der Waals surface area (Å²) in [7, 11) is 4.18. The molecule has 2 heteroatoms. The highest BCUT2D eigenvalue weighted by Crippen LogP contribution is 2.03. The van der Waals surface area contributed by atoms with Crippen molar-refractivity contribution in [2.24, 2.45) is 0 Å². The normalized spacial score (nSPS) is 28.1. The van der Waals surface area contributed by atoms with E-state index in [0.717, 1.165) is 13.1 Å². The SMILES string of the molecule is CN(C)CC1CC[N]1. The van der Waals surface area contributed by atoms with Crippen molar-refractivity contribution in [1.29, 1.82) is 0 Å². The van der Waals surface area contributed by atoms with Crippen LogP contribution in [-0.2, 0) is 0 Å². The molecule has 0 aromatic heterocycles. The molecule has 0 N–H and O–H groups in total. The van der Waals surface area contributed by atoms with Crippen LogP contribution in [0.2, 0.25) is 0 Å². The zero-order valence-electron chi connectivity index (χ0n) is 5.59. The molecule has 0 spiro atoms. The van der Waals surface area contributed by atoms with Crippen molar-refractivity contribution in [3.8, 4) is 0 Å². The molecule has 8 heavy (non-hydrogen) atoms. The summed E-state index contributed by atoms with van der Waals surface area (Å²) in [5.41, 5.74) is 0. The van der Waals surface area contributed by atoms with E-state index in [4.69, 9.17) is 0 Å². The Kier molecular flexibility index (Phi) is 1.86. The van der Waals surface area contributed by atoms with Crippen molar-refractivity contribution in [2.75, 3.05) is 27.2 Å². The number of likely N-dealkylation sites (N-methyl/N-ethyl adjacent to an activating group) is 1. The minimum Gasteiger partial charge on any atom is -0.308 e. The van der Waals surface area contributed by atoms with Crippen molar-refractivity contribution in [3.05, 3.63) is 0 Å². The maximum atomic E-state index is 4.27. The van der Waals surface area contributed by atoms with E-state index in [1.807, 2.05) is 0 Å². The highest BCUT2D eigenvalue weighted by atomic mass is 15.1. The summed E-state index contributed by atoms with van der Waals surface area (Å²) in [6.45, 7) is 2.23. The molecule has 0 saturated carbocycles. The van der Waals surface area contributed by atoms with Gasteiger partial charge in [0.2, 0.25) is 0 Å². The van der Waals surface area contributed by atoms with Gasteiger partial charge in [-0.15, -0.1) is 0 Å². The number of rotatable bonds is 2. The summed E-state index contributed by atoms with van der Waals surface area (Å²) < 4.78 is 0. The standard InChI is InChI=1S/C6H13N2/c1-8(2)5-6-3-4-7-6/h6H,3-5H2,1-2H3. The second-order valence-corrected chi connectivity index (χ2v) is 2.61. The predicted molar refractivity (Wildman–Crippen MR) is 34.0 cm³/mol. The lowest BCUT2D eigenvalue weighted by molar-refractivity contribution is 0.267. The molecule has 1 heterocycles. The third-order valence-corrected chi connectivity index (χ3v) is 1.43. The molecule has 0 aromatic rings. The Labute approximate surface area is 50.9 Å². The van der Waals surface area contributed by atoms with E-state index in [1.165, 1.54) is 6.42 Å². The minimum absolute atomic E-state index is 0.657. The Morgan fingerprint density at radius 2 is 2.25 bits per heavy atom. The summed E-state index contributed by atoms with van der Waals surface area (Å²) in [4.78, 5) is 2.19. The molecule has 1 rings (SSSR count). The largest absolute Gasteiger partial charge is 0.308 e. The quantitative estimate of drug-likeness (QED) is 0.490.